The first-order valence-electron chi connectivity index (χ1n) is 8.82. The predicted octanol–water partition coefficient (Wildman–Crippen LogP) is 4.67. The van der Waals surface area contributed by atoms with Crippen LogP contribution in [0.25, 0.3) is 11.0 Å². The Morgan fingerprint density at radius 3 is 2.46 bits per heavy atom. The zero-order chi connectivity index (χ0) is 18.4. The van der Waals surface area contributed by atoms with Gasteiger partial charge in [-0.3, -0.25) is 4.79 Å². The Labute approximate surface area is 151 Å². The van der Waals surface area contributed by atoms with Crippen LogP contribution in [0.15, 0.2) is 51.7 Å². The highest BCUT2D eigenvalue weighted by atomic mass is 16.5. The summed E-state index contributed by atoms with van der Waals surface area (Å²) in [6, 6.07) is 13.4. The van der Waals surface area contributed by atoms with Gasteiger partial charge >= 0.3 is 11.6 Å². The highest BCUT2D eigenvalue weighted by Gasteiger charge is 2.31. The Kier molecular flexibility index (Phi) is 3.91. The second-order valence-corrected chi connectivity index (χ2v) is 7.15. The van der Waals surface area contributed by atoms with Crippen molar-refractivity contribution in [2.75, 3.05) is 0 Å². The van der Waals surface area contributed by atoms with E-state index in [0.29, 0.717) is 17.3 Å². The normalized spacial score (nSPS) is 16.6. The average Bonchev–Trinajstić information content (AvgIpc) is 2.60. The van der Waals surface area contributed by atoms with Crippen LogP contribution in [-0.4, -0.2) is 5.97 Å². The first-order valence-corrected chi connectivity index (χ1v) is 8.82. The first-order chi connectivity index (χ1) is 12.4. The van der Waals surface area contributed by atoms with Crippen LogP contribution >= 0.6 is 0 Å². The summed E-state index contributed by atoms with van der Waals surface area (Å²) in [4.78, 5) is 24.1. The van der Waals surface area contributed by atoms with Crippen molar-refractivity contribution in [3.05, 3.63) is 75.1 Å². The van der Waals surface area contributed by atoms with Crippen LogP contribution in [0.1, 0.15) is 54.4 Å². The minimum Gasteiger partial charge on any atom is -0.426 e. The minimum absolute atomic E-state index is 0.193. The standard InChI is InChI=1S/C22H20O4/c1-12(2)14-4-6-15(7-5-14)17-11-20(24)25-18-9-8-16-13(3)10-19(23)26-22(16)21(17)18/h4-10,12,17H,11H2,1-3H3/t17-/m0/s1. The third-order valence-electron chi connectivity index (χ3n) is 5.07. The van der Waals surface area contributed by atoms with E-state index in [2.05, 4.69) is 38.1 Å². The lowest BCUT2D eigenvalue weighted by Crippen LogP contribution is -2.21. The number of carbonyl (C=O) groups excluding carboxylic acids is 1. The summed E-state index contributed by atoms with van der Waals surface area (Å²) in [5.41, 5.74) is 4.01. The van der Waals surface area contributed by atoms with E-state index in [0.717, 1.165) is 22.1 Å². The molecule has 0 spiro atoms. The summed E-state index contributed by atoms with van der Waals surface area (Å²) in [7, 11) is 0. The van der Waals surface area contributed by atoms with Crippen LogP contribution in [0.2, 0.25) is 0 Å². The van der Waals surface area contributed by atoms with Gasteiger partial charge in [0.1, 0.15) is 11.3 Å². The minimum atomic E-state index is -0.394. The van der Waals surface area contributed by atoms with Gasteiger partial charge in [0, 0.05) is 22.9 Å². The molecule has 132 valence electrons. The van der Waals surface area contributed by atoms with Gasteiger partial charge in [0.15, 0.2) is 0 Å². The van der Waals surface area contributed by atoms with Crippen molar-refractivity contribution in [3.63, 3.8) is 0 Å². The number of fused-ring (bicyclic) bond motifs is 3. The maximum absolute atomic E-state index is 12.1. The number of carbonyl (C=O) groups is 1. The summed E-state index contributed by atoms with van der Waals surface area (Å²) >= 11 is 0. The molecule has 0 fully saturated rings. The van der Waals surface area contributed by atoms with Crippen LogP contribution in [0, 0.1) is 6.92 Å². The zero-order valence-corrected chi connectivity index (χ0v) is 15.0. The Hall–Kier alpha value is -2.88. The lowest BCUT2D eigenvalue weighted by atomic mass is 9.84. The van der Waals surface area contributed by atoms with Gasteiger partial charge in [0.25, 0.3) is 0 Å². The monoisotopic (exact) mass is 348 g/mol. The molecule has 0 amide bonds. The molecular weight excluding hydrogens is 328 g/mol. The number of hydrogen-bond acceptors (Lipinski definition) is 4. The van der Waals surface area contributed by atoms with E-state index in [1.165, 1.54) is 11.6 Å². The van der Waals surface area contributed by atoms with E-state index in [4.69, 9.17) is 9.15 Å². The fourth-order valence-corrected chi connectivity index (χ4v) is 3.64. The first kappa shape index (κ1) is 16.6. The molecule has 4 heteroatoms. The summed E-state index contributed by atoms with van der Waals surface area (Å²) in [6.07, 6.45) is 0.227. The summed E-state index contributed by atoms with van der Waals surface area (Å²) in [5.74, 6) is 0.445. The van der Waals surface area contributed by atoms with Crippen molar-refractivity contribution in [2.45, 2.75) is 39.0 Å². The quantitative estimate of drug-likeness (QED) is 0.384. The molecule has 0 radical (unpaired) electrons. The van der Waals surface area contributed by atoms with Crippen LogP contribution < -0.4 is 10.4 Å². The molecule has 0 unspecified atom stereocenters. The van der Waals surface area contributed by atoms with Gasteiger partial charge in [0.2, 0.25) is 0 Å². The second kappa shape index (κ2) is 6.13. The van der Waals surface area contributed by atoms with Crippen LogP contribution in [0.4, 0.5) is 0 Å². The van der Waals surface area contributed by atoms with Crippen molar-refractivity contribution < 1.29 is 13.9 Å². The number of hydrogen-bond donors (Lipinski definition) is 0. The largest absolute Gasteiger partial charge is 0.426 e. The van der Waals surface area contributed by atoms with Crippen molar-refractivity contribution in [1.29, 1.82) is 0 Å². The third-order valence-corrected chi connectivity index (χ3v) is 5.07. The fraction of sp³-hybridized carbons (Fsp3) is 0.273. The fourth-order valence-electron chi connectivity index (χ4n) is 3.64. The molecule has 0 saturated heterocycles. The average molecular weight is 348 g/mol. The summed E-state index contributed by atoms with van der Waals surface area (Å²) < 4.78 is 11.0. The van der Waals surface area contributed by atoms with E-state index in [-0.39, 0.29) is 18.3 Å². The van der Waals surface area contributed by atoms with E-state index >= 15 is 0 Å². The molecular formula is C22H20O4. The molecule has 0 N–H and O–H groups in total. The van der Waals surface area contributed by atoms with Crippen LogP contribution in [0.3, 0.4) is 0 Å². The summed E-state index contributed by atoms with van der Waals surface area (Å²) in [6.45, 7) is 6.17. The Bertz CT molecular complexity index is 1060. The van der Waals surface area contributed by atoms with Gasteiger partial charge < -0.3 is 9.15 Å². The number of esters is 1. The lowest BCUT2D eigenvalue weighted by molar-refractivity contribution is -0.135. The zero-order valence-electron chi connectivity index (χ0n) is 15.0. The van der Waals surface area contributed by atoms with Gasteiger partial charge in [-0.1, -0.05) is 38.1 Å². The highest BCUT2D eigenvalue weighted by Crippen LogP contribution is 2.43. The molecule has 2 aromatic carbocycles. The lowest BCUT2D eigenvalue weighted by Gasteiger charge is -2.26. The molecule has 3 aromatic rings. The number of ether oxygens (including phenoxy) is 1. The van der Waals surface area contributed by atoms with E-state index in [1.807, 2.05) is 13.0 Å². The van der Waals surface area contributed by atoms with E-state index in [9.17, 15) is 9.59 Å². The molecule has 1 atom stereocenters. The van der Waals surface area contributed by atoms with E-state index < -0.39 is 5.63 Å². The Balaban J connectivity index is 1.95. The molecule has 4 rings (SSSR count). The SMILES string of the molecule is Cc1cc(=O)oc2c3c(ccc12)OC(=O)C[C@H]3c1ccc(C(C)C)cc1. The van der Waals surface area contributed by atoms with E-state index in [1.54, 1.807) is 6.07 Å². The van der Waals surface area contributed by atoms with Gasteiger partial charge in [-0.25, -0.2) is 4.79 Å². The Morgan fingerprint density at radius 1 is 1.04 bits per heavy atom. The maximum Gasteiger partial charge on any atom is 0.336 e. The molecule has 0 saturated carbocycles. The molecule has 2 heterocycles. The molecule has 1 aliphatic rings. The number of benzene rings is 2. The molecule has 0 aliphatic carbocycles. The predicted molar refractivity (Wildman–Crippen MR) is 99.8 cm³/mol. The molecule has 1 aromatic heterocycles. The van der Waals surface area contributed by atoms with Crippen molar-refractivity contribution in [3.8, 4) is 5.75 Å². The maximum atomic E-state index is 12.1. The topological polar surface area (TPSA) is 56.5 Å². The van der Waals surface area contributed by atoms with Crippen molar-refractivity contribution in [1.82, 2.24) is 0 Å². The van der Waals surface area contributed by atoms with Crippen LogP contribution in [0.5, 0.6) is 5.75 Å². The van der Waals surface area contributed by atoms with Crippen molar-refractivity contribution in [2.24, 2.45) is 0 Å². The number of rotatable bonds is 2. The second-order valence-electron chi connectivity index (χ2n) is 7.15. The van der Waals surface area contributed by atoms with Gasteiger partial charge in [-0.2, -0.15) is 0 Å². The third kappa shape index (κ3) is 2.71. The summed E-state index contributed by atoms with van der Waals surface area (Å²) in [5, 5.41) is 0.866. The van der Waals surface area contributed by atoms with Gasteiger partial charge in [-0.05, 0) is 41.7 Å². The van der Waals surface area contributed by atoms with Gasteiger partial charge in [-0.15, -0.1) is 0 Å². The van der Waals surface area contributed by atoms with Crippen molar-refractivity contribution >= 4 is 16.9 Å². The van der Waals surface area contributed by atoms with Crippen LogP contribution in [-0.2, 0) is 4.79 Å². The molecule has 26 heavy (non-hydrogen) atoms. The molecule has 1 aliphatic heterocycles. The highest BCUT2D eigenvalue weighted by molar-refractivity contribution is 5.89. The Morgan fingerprint density at radius 2 is 1.77 bits per heavy atom. The van der Waals surface area contributed by atoms with Gasteiger partial charge in [0.05, 0.1) is 6.42 Å². The molecule has 4 nitrogen and oxygen atoms in total. The molecule has 0 bridgehead atoms. The number of aryl methyl sites for hydroxylation is 1. The smallest absolute Gasteiger partial charge is 0.336 e.